The molecule has 2 heterocycles. The molecule has 0 radical (unpaired) electrons. The van der Waals surface area contributed by atoms with Crippen molar-refractivity contribution in [2.24, 2.45) is 0 Å². The fourth-order valence-corrected chi connectivity index (χ4v) is 4.75. The van der Waals surface area contributed by atoms with Gasteiger partial charge in [-0.25, -0.2) is 4.79 Å². The van der Waals surface area contributed by atoms with Crippen molar-refractivity contribution in [3.8, 4) is 0 Å². The third-order valence-corrected chi connectivity index (χ3v) is 6.18. The summed E-state index contributed by atoms with van der Waals surface area (Å²) in [4.78, 5) is 14.2. The van der Waals surface area contributed by atoms with Gasteiger partial charge >= 0.3 is 18.4 Å². The van der Waals surface area contributed by atoms with Crippen molar-refractivity contribution in [3.63, 3.8) is 0 Å². The van der Waals surface area contributed by atoms with E-state index in [9.17, 15) is 31.1 Å². The van der Waals surface area contributed by atoms with Crippen molar-refractivity contribution in [1.29, 1.82) is 0 Å². The maximum absolute atomic E-state index is 13.3. The Morgan fingerprint density at radius 2 is 1.59 bits per heavy atom. The summed E-state index contributed by atoms with van der Waals surface area (Å²) in [5.74, 6) is 0. The predicted octanol–water partition coefficient (Wildman–Crippen LogP) is 7.13. The summed E-state index contributed by atoms with van der Waals surface area (Å²) in [6.07, 6.45) is -9.18. The minimum absolute atomic E-state index is 0.236. The van der Waals surface area contributed by atoms with Gasteiger partial charge in [0.05, 0.1) is 23.2 Å². The number of fused-ring (bicyclic) bond motifs is 1. The van der Waals surface area contributed by atoms with Crippen molar-refractivity contribution >= 4 is 6.09 Å². The zero-order valence-corrected chi connectivity index (χ0v) is 17.3. The van der Waals surface area contributed by atoms with E-state index in [-0.39, 0.29) is 5.56 Å². The van der Waals surface area contributed by atoms with Gasteiger partial charge in [-0.1, -0.05) is 17.7 Å². The molecule has 0 aromatic heterocycles. The standard InChI is InChI=1S/C23H21F6NO2/c1-12-8-14(10-16(9-12)23(27,28)29)20-19-5-3-4-18(30(19)21(31)32-20)17-11-15(22(24,25)26)7-6-13(17)2/h6-11,18-20H,3-5H2,1-2H3/t18-,19-,20+/m0/s1. The van der Waals surface area contributed by atoms with Gasteiger partial charge in [-0.2, -0.15) is 26.3 Å². The number of aryl methyl sites for hydroxylation is 2. The topological polar surface area (TPSA) is 29.5 Å². The largest absolute Gasteiger partial charge is 0.439 e. The van der Waals surface area contributed by atoms with E-state index < -0.39 is 47.8 Å². The van der Waals surface area contributed by atoms with Crippen LogP contribution in [0.4, 0.5) is 31.1 Å². The quantitative estimate of drug-likeness (QED) is 0.449. The molecule has 0 saturated carbocycles. The fraction of sp³-hybridized carbons (Fsp3) is 0.435. The molecule has 172 valence electrons. The second-order valence-electron chi connectivity index (χ2n) is 8.42. The summed E-state index contributed by atoms with van der Waals surface area (Å²) in [7, 11) is 0. The lowest BCUT2D eigenvalue weighted by Gasteiger charge is -2.37. The van der Waals surface area contributed by atoms with Crippen LogP contribution in [0.15, 0.2) is 36.4 Å². The third kappa shape index (κ3) is 4.04. The first-order valence-electron chi connectivity index (χ1n) is 10.2. The van der Waals surface area contributed by atoms with Crippen molar-refractivity contribution in [3.05, 3.63) is 69.8 Å². The Bertz CT molecular complexity index is 1050. The Balaban J connectivity index is 1.72. The van der Waals surface area contributed by atoms with E-state index in [1.807, 2.05) is 0 Å². The van der Waals surface area contributed by atoms with Gasteiger partial charge in [-0.05, 0) is 74.1 Å². The van der Waals surface area contributed by atoms with Crippen LogP contribution >= 0.6 is 0 Å². The number of benzene rings is 2. The summed E-state index contributed by atoms with van der Waals surface area (Å²) in [5.41, 5.74) is -0.0388. The zero-order valence-electron chi connectivity index (χ0n) is 17.3. The molecule has 0 unspecified atom stereocenters. The summed E-state index contributed by atoms with van der Waals surface area (Å²) >= 11 is 0. The summed E-state index contributed by atoms with van der Waals surface area (Å²) in [6, 6.07) is 5.78. The maximum atomic E-state index is 13.3. The number of ether oxygens (including phenoxy) is 1. The number of alkyl halides is 6. The summed E-state index contributed by atoms with van der Waals surface area (Å²) < 4.78 is 85.2. The maximum Gasteiger partial charge on any atom is 0.416 e. The highest BCUT2D eigenvalue weighted by Gasteiger charge is 2.49. The number of cyclic esters (lactones) is 1. The molecule has 2 aromatic rings. The van der Waals surface area contributed by atoms with Gasteiger partial charge in [0.25, 0.3) is 0 Å². The van der Waals surface area contributed by atoms with Gasteiger partial charge < -0.3 is 4.74 Å². The van der Waals surface area contributed by atoms with Crippen molar-refractivity contribution in [1.82, 2.24) is 4.90 Å². The van der Waals surface area contributed by atoms with Crippen LogP contribution in [0.25, 0.3) is 0 Å². The third-order valence-electron chi connectivity index (χ3n) is 6.18. The number of halogens is 6. The Morgan fingerprint density at radius 1 is 0.906 bits per heavy atom. The summed E-state index contributed by atoms with van der Waals surface area (Å²) in [6.45, 7) is 3.21. The normalized spacial score (nSPS) is 23.8. The molecular weight excluding hydrogens is 436 g/mol. The molecule has 0 aliphatic carbocycles. The molecule has 4 rings (SSSR count). The molecule has 0 spiro atoms. The molecule has 2 aromatic carbocycles. The van der Waals surface area contributed by atoms with Crippen LogP contribution < -0.4 is 0 Å². The molecule has 3 nitrogen and oxygen atoms in total. The second kappa shape index (κ2) is 7.71. The number of piperidine rings is 1. The second-order valence-corrected chi connectivity index (χ2v) is 8.42. The van der Waals surface area contributed by atoms with Gasteiger partial charge in [-0.3, -0.25) is 4.90 Å². The number of hydrogen-bond acceptors (Lipinski definition) is 2. The highest BCUT2D eigenvalue weighted by Crippen LogP contribution is 2.47. The molecular formula is C23H21F6NO2. The van der Waals surface area contributed by atoms with E-state index in [4.69, 9.17) is 4.74 Å². The predicted molar refractivity (Wildman–Crippen MR) is 104 cm³/mol. The first kappa shape index (κ1) is 22.5. The van der Waals surface area contributed by atoms with E-state index >= 15 is 0 Å². The van der Waals surface area contributed by atoms with Crippen molar-refractivity contribution in [2.75, 3.05) is 0 Å². The summed E-state index contributed by atoms with van der Waals surface area (Å²) in [5, 5.41) is 0. The van der Waals surface area contributed by atoms with Gasteiger partial charge in [0.1, 0.15) is 6.10 Å². The molecule has 2 aliphatic rings. The Kier molecular flexibility index (Phi) is 5.41. The Labute approximate surface area is 181 Å². The van der Waals surface area contributed by atoms with Crippen LogP contribution in [0, 0.1) is 13.8 Å². The molecule has 9 heteroatoms. The number of carbonyl (C=O) groups is 1. The van der Waals surface area contributed by atoms with E-state index in [0.29, 0.717) is 36.0 Å². The molecule has 32 heavy (non-hydrogen) atoms. The van der Waals surface area contributed by atoms with Crippen molar-refractivity contribution in [2.45, 2.75) is 63.7 Å². The van der Waals surface area contributed by atoms with Crippen LogP contribution in [0.1, 0.15) is 64.8 Å². The van der Waals surface area contributed by atoms with E-state index in [2.05, 4.69) is 0 Å². The highest BCUT2D eigenvalue weighted by molar-refractivity contribution is 5.72. The zero-order chi connectivity index (χ0) is 23.4. The van der Waals surface area contributed by atoms with Gasteiger partial charge in [0.15, 0.2) is 0 Å². The number of rotatable bonds is 2. The van der Waals surface area contributed by atoms with Gasteiger partial charge in [-0.15, -0.1) is 0 Å². The molecule has 2 fully saturated rings. The van der Waals surface area contributed by atoms with E-state index in [1.165, 1.54) is 17.9 Å². The number of amides is 1. The molecule has 2 aliphatic heterocycles. The van der Waals surface area contributed by atoms with Crippen LogP contribution in [-0.4, -0.2) is 17.0 Å². The Hall–Kier alpha value is -2.71. The lowest BCUT2D eigenvalue weighted by atomic mass is 9.85. The molecule has 3 atom stereocenters. The van der Waals surface area contributed by atoms with Gasteiger partial charge in [0.2, 0.25) is 0 Å². The average molecular weight is 457 g/mol. The lowest BCUT2D eigenvalue weighted by Crippen LogP contribution is -2.41. The minimum Gasteiger partial charge on any atom is -0.439 e. The molecule has 0 N–H and O–H groups in total. The van der Waals surface area contributed by atoms with Gasteiger partial charge in [0, 0.05) is 0 Å². The van der Waals surface area contributed by atoms with Crippen LogP contribution in [0.5, 0.6) is 0 Å². The fourth-order valence-electron chi connectivity index (χ4n) is 4.75. The average Bonchev–Trinajstić information content (AvgIpc) is 3.03. The lowest BCUT2D eigenvalue weighted by molar-refractivity contribution is -0.138. The van der Waals surface area contributed by atoms with E-state index in [0.717, 1.165) is 24.3 Å². The smallest absolute Gasteiger partial charge is 0.416 e. The SMILES string of the molecule is Cc1cc([C@H]2OC(=O)N3[C@H](c4cc(C(F)(F)F)ccc4C)CCC[C@@H]23)cc(C(F)(F)F)c1. The first-order valence-corrected chi connectivity index (χ1v) is 10.2. The molecule has 2 saturated heterocycles. The number of carbonyl (C=O) groups excluding carboxylic acids is 1. The minimum atomic E-state index is -4.55. The molecule has 1 amide bonds. The molecule has 0 bridgehead atoms. The number of hydrogen-bond donors (Lipinski definition) is 0. The van der Waals surface area contributed by atoms with Crippen molar-refractivity contribution < 1.29 is 35.9 Å². The first-order chi connectivity index (χ1) is 14.9. The van der Waals surface area contributed by atoms with E-state index in [1.54, 1.807) is 13.0 Å². The Morgan fingerprint density at radius 3 is 2.25 bits per heavy atom. The highest BCUT2D eigenvalue weighted by atomic mass is 19.4. The van der Waals surface area contributed by atoms with Crippen LogP contribution in [0.3, 0.4) is 0 Å². The van der Waals surface area contributed by atoms with Crippen LogP contribution in [0.2, 0.25) is 0 Å². The van der Waals surface area contributed by atoms with Crippen LogP contribution in [-0.2, 0) is 17.1 Å². The monoisotopic (exact) mass is 457 g/mol. The number of nitrogens with zero attached hydrogens (tertiary/aromatic N) is 1.